The van der Waals surface area contributed by atoms with Crippen LogP contribution in [0.4, 0.5) is 0 Å². The van der Waals surface area contributed by atoms with Crippen LogP contribution in [0.1, 0.15) is 44.6 Å². The number of nitrogens with zero attached hydrogens (tertiary/aromatic N) is 2. The van der Waals surface area contributed by atoms with Crippen LogP contribution >= 0.6 is 23.2 Å². The predicted molar refractivity (Wildman–Crippen MR) is 97.0 cm³/mol. The lowest BCUT2D eigenvalue weighted by Crippen LogP contribution is -2.56. The fraction of sp³-hybridized carbons (Fsp3) is 0.556. The summed E-state index contributed by atoms with van der Waals surface area (Å²) in [5.41, 5.74) is 0.525. The molecule has 1 amide bonds. The first-order valence-electron chi connectivity index (χ1n) is 8.43. The predicted octanol–water partition coefficient (Wildman–Crippen LogP) is 4.32. The third-order valence-electron chi connectivity index (χ3n) is 4.86. The fourth-order valence-electron chi connectivity index (χ4n) is 3.85. The minimum atomic E-state index is -0.593. The Balaban J connectivity index is 2.09. The zero-order valence-electron chi connectivity index (χ0n) is 14.0. The fourth-order valence-corrected chi connectivity index (χ4v) is 4.38. The van der Waals surface area contributed by atoms with E-state index in [1.54, 1.807) is 25.3 Å². The lowest BCUT2D eigenvalue weighted by molar-refractivity contribution is -0.137. The summed E-state index contributed by atoms with van der Waals surface area (Å²) < 4.78 is 5.73. The normalized spacial score (nSPS) is 27.0. The van der Waals surface area contributed by atoms with Crippen molar-refractivity contribution in [3.05, 3.63) is 33.8 Å². The second kappa shape index (κ2) is 7.03. The Hall–Kier alpha value is -1.10. The molecule has 1 heterocycles. The Morgan fingerprint density at radius 1 is 1.29 bits per heavy atom. The first-order valence-corrected chi connectivity index (χ1v) is 9.18. The minimum absolute atomic E-state index is 0.0564. The van der Waals surface area contributed by atoms with Crippen LogP contribution in [0.3, 0.4) is 0 Å². The molecule has 6 heteroatoms. The Bertz CT molecular complexity index is 657. The molecule has 24 heavy (non-hydrogen) atoms. The van der Waals surface area contributed by atoms with E-state index in [1.165, 1.54) is 0 Å². The number of ether oxygens (including phenoxy) is 1. The number of hydrogen-bond donors (Lipinski definition) is 0. The molecular weight excluding hydrogens is 347 g/mol. The maximum absolute atomic E-state index is 13.1. The number of methoxy groups -OCH3 is 1. The lowest BCUT2D eigenvalue weighted by atomic mass is 9.85. The number of benzene rings is 1. The minimum Gasteiger partial charge on any atom is -0.377 e. The Kier molecular flexibility index (Phi) is 5.19. The molecule has 2 aliphatic rings. The van der Waals surface area contributed by atoms with Gasteiger partial charge in [-0.25, -0.2) is 4.99 Å². The van der Waals surface area contributed by atoms with Gasteiger partial charge in [-0.05, 0) is 43.9 Å². The third-order valence-corrected chi connectivity index (χ3v) is 5.30. The summed E-state index contributed by atoms with van der Waals surface area (Å²) in [6.45, 7) is 2.74. The maximum atomic E-state index is 13.1. The number of halogens is 2. The van der Waals surface area contributed by atoms with E-state index in [-0.39, 0.29) is 12.0 Å². The van der Waals surface area contributed by atoms with E-state index >= 15 is 0 Å². The molecule has 1 aliphatic heterocycles. The summed E-state index contributed by atoms with van der Waals surface area (Å²) in [5, 5.41) is 1.01. The molecule has 1 aromatic rings. The molecule has 0 radical (unpaired) electrons. The first-order chi connectivity index (χ1) is 11.5. The molecule has 1 aliphatic carbocycles. The molecule has 0 bridgehead atoms. The molecule has 3 rings (SSSR count). The number of hydrogen-bond acceptors (Lipinski definition) is 3. The van der Waals surface area contributed by atoms with Crippen LogP contribution in [0.2, 0.25) is 10.0 Å². The molecule has 2 unspecified atom stereocenters. The molecule has 4 nitrogen and oxygen atoms in total. The van der Waals surface area contributed by atoms with E-state index in [2.05, 4.69) is 6.92 Å². The quantitative estimate of drug-likeness (QED) is 0.793. The Morgan fingerprint density at radius 2 is 2.00 bits per heavy atom. The summed E-state index contributed by atoms with van der Waals surface area (Å²) in [6.07, 6.45) is 4.69. The molecule has 0 aromatic heterocycles. The molecule has 1 saturated carbocycles. The molecule has 1 aromatic carbocycles. The van der Waals surface area contributed by atoms with Gasteiger partial charge in [-0.15, -0.1) is 0 Å². The Morgan fingerprint density at radius 3 is 2.62 bits per heavy atom. The summed E-state index contributed by atoms with van der Waals surface area (Å²) in [5.74, 6) is -0.0564. The van der Waals surface area contributed by atoms with Crippen molar-refractivity contribution in [1.29, 1.82) is 0 Å². The van der Waals surface area contributed by atoms with Gasteiger partial charge in [0.05, 0.1) is 0 Å². The number of amides is 1. The monoisotopic (exact) mass is 368 g/mol. The third kappa shape index (κ3) is 2.96. The van der Waals surface area contributed by atoms with Gasteiger partial charge in [0.25, 0.3) is 5.91 Å². The summed E-state index contributed by atoms with van der Waals surface area (Å²) in [4.78, 5) is 19.9. The second-order valence-electron chi connectivity index (χ2n) is 6.42. The number of carbonyl (C=O) groups is 1. The van der Waals surface area contributed by atoms with E-state index in [0.717, 1.165) is 32.1 Å². The van der Waals surface area contributed by atoms with E-state index in [9.17, 15) is 4.79 Å². The molecule has 2 atom stereocenters. The smallest absolute Gasteiger partial charge is 0.274 e. The van der Waals surface area contributed by atoms with Gasteiger partial charge < -0.3 is 9.64 Å². The zero-order chi connectivity index (χ0) is 17.3. The van der Waals surface area contributed by atoms with Crippen molar-refractivity contribution in [3.63, 3.8) is 0 Å². The van der Waals surface area contributed by atoms with Crippen LogP contribution in [0.15, 0.2) is 23.2 Å². The summed E-state index contributed by atoms with van der Waals surface area (Å²) in [6, 6.07) is 5.15. The topological polar surface area (TPSA) is 41.9 Å². The zero-order valence-corrected chi connectivity index (χ0v) is 15.5. The van der Waals surface area contributed by atoms with Crippen LogP contribution in [-0.4, -0.2) is 41.9 Å². The van der Waals surface area contributed by atoms with Crippen molar-refractivity contribution in [1.82, 2.24) is 4.90 Å². The van der Waals surface area contributed by atoms with E-state index in [4.69, 9.17) is 32.9 Å². The van der Waals surface area contributed by atoms with Crippen molar-refractivity contribution >= 4 is 34.8 Å². The average molecular weight is 369 g/mol. The highest BCUT2D eigenvalue weighted by atomic mass is 35.5. The summed E-state index contributed by atoms with van der Waals surface area (Å²) >= 11 is 12.2. The molecule has 130 valence electrons. The molecule has 1 fully saturated rings. The highest BCUT2D eigenvalue weighted by molar-refractivity contribution is 6.47. The van der Waals surface area contributed by atoms with E-state index in [0.29, 0.717) is 27.9 Å². The van der Waals surface area contributed by atoms with Crippen molar-refractivity contribution < 1.29 is 9.53 Å². The van der Waals surface area contributed by atoms with Gasteiger partial charge in [-0.3, -0.25) is 4.79 Å². The number of rotatable bonds is 4. The standard InChI is InChI=1S/C18H22Cl2N2O2/c1-3-8-22-17(23)16(12-9-13(19)11-14(20)10-12)21-18(22)7-5-4-6-15(18)24-2/h9-11,15H,3-8H2,1-2H3. The van der Waals surface area contributed by atoms with Crippen LogP contribution < -0.4 is 0 Å². The lowest BCUT2D eigenvalue weighted by Gasteiger charge is -2.44. The van der Waals surface area contributed by atoms with Gasteiger partial charge in [0.15, 0.2) is 5.66 Å². The number of aliphatic imine (C=N–C) groups is 1. The van der Waals surface area contributed by atoms with Crippen LogP contribution in [0.25, 0.3) is 0 Å². The largest absolute Gasteiger partial charge is 0.377 e. The van der Waals surface area contributed by atoms with Gasteiger partial charge in [-0.2, -0.15) is 0 Å². The molecular formula is C18H22Cl2N2O2. The van der Waals surface area contributed by atoms with E-state index < -0.39 is 5.66 Å². The number of carbonyl (C=O) groups excluding carboxylic acids is 1. The molecule has 0 saturated heterocycles. The van der Waals surface area contributed by atoms with Crippen LogP contribution in [-0.2, 0) is 9.53 Å². The van der Waals surface area contributed by atoms with Crippen molar-refractivity contribution in [2.75, 3.05) is 13.7 Å². The molecule has 1 spiro atoms. The second-order valence-corrected chi connectivity index (χ2v) is 7.30. The van der Waals surface area contributed by atoms with E-state index in [1.807, 2.05) is 4.90 Å². The van der Waals surface area contributed by atoms with Crippen molar-refractivity contribution in [2.24, 2.45) is 4.99 Å². The maximum Gasteiger partial charge on any atom is 0.274 e. The van der Waals surface area contributed by atoms with Gasteiger partial charge in [-0.1, -0.05) is 36.5 Å². The average Bonchev–Trinajstić information content (AvgIpc) is 2.81. The van der Waals surface area contributed by atoms with Gasteiger partial charge in [0, 0.05) is 29.3 Å². The first kappa shape index (κ1) is 17.7. The SMILES string of the molecule is CCCN1C(=O)C(c2cc(Cl)cc(Cl)c2)=NC12CCCCC2OC. The van der Waals surface area contributed by atoms with Gasteiger partial charge >= 0.3 is 0 Å². The van der Waals surface area contributed by atoms with Crippen LogP contribution in [0, 0.1) is 0 Å². The highest BCUT2D eigenvalue weighted by Crippen LogP contribution is 2.41. The molecule has 0 N–H and O–H groups in total. The highest BCUT2D eigenvalue weighted by Gasteiger charge is 2.53. The van der Waals surface area contributed by atoms with Crippen molar-refractivity contribution in [3.8, 4) is 0 Å². The van der Waals surface area contributed by atoms with Gasteiger partial charge in [0.1, 0.15) is 11.8 Å². The van der Waals surface area contributed by atoms with Crippen LogP contribution in [0.5, 0.6) is 0 Å². The van der Waals surface area contributed by atoms with Gasteiger partial charge in [0.2, 0.25) is 0 Å². The summed E-state index contributed by atoms with van der Waals surface area (Å²) in [7, 11) is 1.70. The Labute approximate surface area is 152 Å². The van der Waals surface area contributed by atoms with Crippen molar-refractivity contribution in [2.45, 2.75) is 50.8 Å².